The van der Waals surface area contributed by atoms with Gasteiger partial charge in [0.05, 0.1) is 19.2 Å². The highest BCUT2D eigenvalue weighted by atomic mass is 32.1. The molecule has 2 aromatic rings. The molecule has 1 N–H and O–H groups in total. The quantitative estimate of drug-likeness (QED) is 0.881. The van der Waals surface area contributed by atoms with Crippen molar-refractivity contribution in [1.29, 1.82) is 0 Å². The number of nitrogens with one attached hydrogen (secondary N) is 1. The molecule has 0 aliphatic carbocycles. The van der Waals surface area contributed by atoms with Gasteiger partial charge in [-0.3, -0.25) is 14.9 Å². The topological polar surface area (TPSA) is 68.3 Å². The van der Waals surface area contributed by atoms with Crippen LogP contribution in [0.3, 0.4) is 0 Å². The third-order valence-electron chi connectivity index (χ3n) is 2.63. The lowest BCUT2D eigenvalue weighted by Crippen LogP contribution is -2.12. The van der Waals surface area contributed by atoms with Crippen molar-refractivity contribution in [3.8, 4) is 0 Å². The van der Waals surface area contributed by atoms with Crippen LogP contribution in [0, 0.1) is 12.7 Å². The average Bonchev–Trinajstić information content (AvgIpc) is 2.84. The Kier molecular flexibility index (Phi) is 4.64. The normalized spacial score (nSPS) is 10.2. The van der Waals surface area contributed by atoms with E-state index in [0.29, 0.717) is 16.4 Å². The van der Waals surface area contributed by atoms with E-state index in [1.165, 1.54) is 24.5 Å². The third kappa shape index (κ3) is 4.09. The maximum atomic E-state index is 13.3. The van der Waals surface area contributed by atoms with Crippen molar-refractivity contribution >= 4 is 28.3 Å². The van der Waals surface area contributed by atoms with E-state index >= 15 is 0 Å². The Hall–Kier alpha value is -2.28. The van der Waals surface area contributed by atoms with Gasteiger partial charge in [-0.2, -0.15) is 0 Å². The minimum absolute atomic E-state index is 0.0436. The van der Waals surface area contributed by atoms with E-state index in [-0.39, 0.29) is 12.0 Å². The number of rotatable bonds is 4. The Labute approximate surface area is 124 Å². The zero-order chi connectivity index (χ0) is 15.4. The van der Waals surface area contributed by atoms with E-state index in [1.54, 1.807) is 18.4 Å². The number of anilines is 1. The lowest BCUT2D eigenvalue weighted by Gasteiger charge is -2.03. The van der Waals surface area contributed by atoms with E-state index in [9.17, 15) is 14.0 Å². The number of hydrogen-bond acceptors (Lipinski definition) is 5. The minimum atomic E-state index is -0.467. The molecule has 1 amide bonds. The first-order valence-corrected chi connectivity index (χ1v) is 6.95. The summed E-state index contributed by atoms with van der Waals surface area (Å²) in [7, 11) is 1.30. The van der Waals surface area contributed by atoms with Crippen molar-refractivity contribution in [2.75, 3.05) is 12.4 Å². The first kappa shape index (κ1) is 15.1. The van der Waals surface area contributed by atoms with Gasteiger partial charge in [-0.15, -0.1) is 11.3 Å². The molecule has 0 radical (unpaired) electrons. The van der Waals surface area contributed by atoms with E-state index < -0.39 is 17.7 Å². The molecule has 2 rings (SSSR count). The van der Waals surface area contributed by atoms with E-state index in [2.05, 4.69) is 15.0 Å². The Bertz CT molecular complexity index is 664. The van der Waals surface area contributed by atoms with Crippen molar-refractivity contribution < 1.29 is 18.7 Å². The van der Waals surface area contributed by atoms with Crippen molar-refractivity contribution in [3.63, 3.8) is 0 Å². The Morgan fingerprint density at radius 1 is 1.38 bits per heavy atom. The van der Waals surface area contributed by atoms with Gasteiger partial charge in [0.25, 0.3) is 5.91 Å². The van der Waals surface area contributed by atoms with Gasteiger partial charge in [-0.05, 0) is 30.7 Å². The fourth-order valence-electron chi connectivity index (χ4n) is 1.70. The predicted molar refractivity (Wildman–Crippen MR) is 76.9 cm³/mol. The fraction of sp³-hybridized carbons (Fsp3) is 0.214. The van der Waals surface area contributed by atoms with Gasteiger partial charge in [0, 0.05) is 10.9 Å². The molecule has 110 valence electrons. The van der Waals surface area contributed by atoms with Crippen LogP contribution in [-0.4, -0.2) is 24.0 Å². The standard InChI is InChI=1S/C14H13FN2O3S/c1-8-3-9(5-10(15)4-8)13(19)17-14-16-11(7-21-14)6-12(18)20-2/h3-5,7H,6H2,1-2H3,(H,16,17,19). The smallest absolute Gasteiger partial charge is 0.311 e. The predicted octanol–water partition coefficient (Wildman–Crippen LogP) is 2.56. The summed E-state index contributed by atoms with van der Waals surface area (Å²) in [5, 5.41) is 4.58. The zero-order valence-electron chi connectivity index (χ0n) is 11.5. The van der Waals surface area contributed by atoms with Crippen molar-refractivity contribution in [2.24, 2.45) is 0 Å². The zero-order valence-corrected chi connectivity index (χ0v) is 12.3. The van der Waals surface area contributed by atoms with Crippen LogP contribution in [0.1, 0.15) is 21.6 Å². The molecule has 5 nitrogen and oxygen atoms in total. The van der Waals surface area contributed by atoms with Crippen molar-refractivity contribution in [1.82, 2.24) is 4.98 Å². The number of esters is 1. The second-order valence-corrected chi connectivity index (χ2v) is 5.23. The second kappa shape index (κ2) is 6.45. The second-order valence-electron chi connectivity index (χ2n) is 4.37. The molecule has 7 heteroatoms. The van der Waals surface area contributed by atoms with Crippen LogP contribution in [-0.2, 0) is 16.0 Å². The van der Waals surface area contributed by atoms with Crippen LogP contribution in [0.5, 0.6) is 0 Å². The minimum Gasteiger partial charge on any atom is -0.469 e. The van der Waals surface area contributed by atoms with Crippen LogP contribution in [0.15, 0.2) is 23.6 Å². The van der Waals surface area contributed by atoms with E-state index in [0.717, 1.165) is 6.07 Å². The number of aromatic nitrogens is 1. The maximum Gasteiger partial charge on any atom is 0.311 e. The Morgan fingerprint density at radius 2 is 2.14 bits per heavy atom. The van der Waals surface area contributed by atoms with Gasteiger partial charge >= 0.3 is 5.97 Å². The van der Waals surface area contributed by atoms with Crippen LogP contribution in [0.25, 0.3) is 0 Å². The fourth-order valence-corrected chi connectivity index (χ4v) is 2.41. The van der Waals surface area contributed by atoms with Crippen LogP contribution in [0.4, 0.5) is 9.52 Å². The number of amides is 1. The number of nitrogens with zero attached hydrogens (tertiary/aromatic N) is 1. The molecule has 0 saturated heterocycles. The first-order valence-electron chi connectivity index (χ1n) is 6.07. The molecule has 0 aliphatic heterocycles. The molecule has 0 aliphatic rings. The summed E-state index contributed by atoms with van der Waals surface area (Å²) in [6.07, 6.45) is 0.0436. The lowest BCUT2D eigenvalue weighted by molar-refractivity contribution is -0.139. The summed E-state index contributed by atoms with van der Waals surface area (Å²) in [5.74, 6) is -1.32. The highest BCUT2D eigenvalue weighted by Gasteiger charge is 2.12. The summed E-state index contributed by atoms with van der Waals surface area (Å²) in [6, 6.07) is 4.08. The van der Waals surface area contributed by atoms with Gasteiger partial charge in [0.2, 0.25) is 0 Å². The van der Waals surface area contributed by atoms with Crippen LogP contribution in [0.2, 0.25) is 0 Å². The number of ether oxygens (including phenoxy) is 1. The maximum absolute atomic E-state index is 13.3. The SMILES string of the molecule is COC(=O)Cc1csc(NC(=O)c2cc(C)cc(F)c2)n1. The van der Waals surface area contributed by atoms with Gasteiger partial charge in [0.1, 0.15) is 5.82 Å². The number of halogens is 1. The third-order valence-corrected chi connectivity index (χ3v) is 3.44. The number of aryl methyl sites for hydroxylation is 1. The summed E-state index contributed by atoms with van der Waals surface area (Å²) in [6.45, 7) is 1.71. The molecule has 0 saturated carbocycles. The summed E-state index contributed by atoms with van der Waals surface area (Å²) >= 11 is 1.19. The molecule has 1 heterocycles. The molecule has 0 unspecified atom stereocenters. The molecular formula is C14H13FN2O3S. The number of benzene rings is 1. The lowest BCUT2D eigenvalue weighted by atomic mass is 10.1. The molecule has 21 heavy (non-hydrogen) atoms. The number of methoxy groups -OCH3 is 1. The van der Waals surface area contributed by atoms with Crippen LogP contribution < -0.4 is 5.32 Å². The number of carbonyl (C=O) groups is 2. The molecule has 1 aromatic carbocycles. The number of carbonyl (C=O) groups excluding carboxylic acids is 2. The van der Waals surface area contributed by atoms with Crippen molar-refractivity contribution in [3.05, 3.63) is 46.2 Å². The molecule has 0 fully saturated rings. The summed E-state index contributed by atoms with van der Waals surface area (Å²) in [5.41, 5.74) is 1.39. The number of hydrogen-bond donors (Lipinski definition) is 1. The summed E-state index contributed by atoms with van der Waals surface area (Å²) in [4.78, 5) is 27.2. The van der Waals surface area contributed by atoms with Gasteiger partial charge in [-0.25, -0.2) is 9.37 Å². The largest absolute Gasteiger partial charge is 0.469 e. The monoisotopic (exact) mass is 308 g/mol. The first-order chi connectivity index (χ1) is 9.97. The Morgan fingerprint density at radius 3 is 2.81 bits per heavy atom. The van der Waals surface area contributed by atoms with E-state index in [1.807, 2.05) is 0 Å². The summed E-state index contributed by atoms with van der Waals surface area (Å²) < 4.78 is 17.8. The van der Waals surface area contributed by atoms with Gasteiger partial charge in [-0.1, -0.05) is 0 Å². The highest BCUT2D eigenvalue weighted by molar-refractivity contribution is 7.14. The highest BCUT2D eigenvalue weighted by Crippen LogP contribution is 2.18. The van der Waals surface area contributed by atoms with Gasteiger partial charge < -0.3 is 4.74 Å². The Balaban J connectivity index is 2.07. The number of thiazole rings is 1. The van der Waals surface area contributed by atoms with Crippen molar-refractivity contribution in [2.45, 2.75) is 13.3 Å². The molecule has 0 spiro atoms. The van der Waals surface area contributed by atoms with E-state index in [4.69, 9.17) is 0 Å². The molecular weight excluding hydrogens is 295 g/mol. The molecule has 0 atom stereocenters. The van der Waals surface area contributed by atoms with Crippen LogP contribution >= 0.6 is 11.3 Å². The molecule has 0 bridgehead atoms. The molecule has 1 aromatic heterocycles. The average molecular weight is 308 g/mol. The van der Waals surface area contributed by atoms with Gasteiger partial charge in [0.15, 0.2) is 5.13 Å².